The minimum Gasteiger partial charge on any atom is -0.294 e. The predicted molar refractivity (Wildman–Crippen MR) is 77.8 cm³/mol. The van der Waals surface area contributed by atoms with Gasteiger partial charge in [0.05, 0.1) is 0 Å². The number of carbonyl (C=O) groups excluding carboxylic acids is 1. The molecule has 1 nitrogen and oxygen atoms in total. The van der Waals surface area contributed by atoms with Gasteiger partial charge in [0.1, 0.15) is 0 Å². The summed E-state index contributed by atoms with van der Waals surface area (Å²) in [6.45, 7) is 6.01. The lowest BCUT2D eigenvalue weighted by Crippen LogP contribution is -1.99. The van der Waals surface area contributed by atoms with Crippen LogP contribution in [0.15, 0.2) is 24.3 Å². The van der Waals surface area contributed by atoms with Crippen LogP contribution in [-0.4, -0.2) is 5.78 Å². The SMILES string of the molecule is [CH2]CCCCCC(=O)c1ccc(CCCC)cc1. The fourth-order valence-corrected chi connectivity index (χ4v) is 2.02. The second kappa shape index (κ2) is 8.91. The highest BCUT2D eigenvalue weighted by Crippen LogP contribution is 2.12. The Hall–Kier alpha value is -1.11. The quantitative estimate of drug-likeness (QED) is 0.442. The first kappa shape index (κ1) is 14.9. The summed E-state index contributed by atoms with van der Waals surface area (Å²) in [5.74, 6) is 0.279. The van der Waals surface area contributed by atoms with Crippen molar-refractivity contribution in [1.82, 2.24) is 0 Å². The monoisotopic (exact) mass is 245 g/mol. The first-order valence-electron chi connectivity index (χ1n) is 7.19. The third-order valence-electron chi connectivity index (χ3n) is 3.25. The molecule has 0 bridgehead atoms. The number of hydrogen-bond acceptors (Lipinski definition) is 1. The molecule has 0 fully saturated rings. The maximum absolute atomic E-state index is 11.9. The Morgan fingerprint density at radius 2 is 1.78 bits per heavy atom. The van der Waals surface area contributed by atoms with Crippen molar-refractivity contribution >= 4 is 5.78 Å². The van der Waals surface area contributed by atoms with Gasteiger partial charge in [0.25, 0.3) is 0 Å². The molecule has 18 heavy (non-hydrogen) atoms. The fourth-order valence-electron chi connectivity index (χ4n) is 2.02. The minimum atomic E-state index is 0.279. The van der Waals surface area contributed by atoms with Crippen LogP contribution in [0.5, 0.6) is 0 Å². The molecule has 99 valence electrons. The molecular formula is C17H25O. The van der Waals surface area contributed by atoms with E-state index >= 15 is 0 Å². The Morgan fingerprint density at radius 3 is 2.39 bits per heavy atom. The molecule has 0 saturated carbocycles. The lowest BCUT2D eigenvalue weighted by molar-refractivity contribution is 0.0979. The van der Waals surface area contributed by atoms with Crippen molar-refractivity contribution in [3.63, 3.8) is 0 Å². The van der Waals surface area contributed by atoms with Gasteiger partial charge in [-0.3, -0.25) is 4.79 Å². The number of Topliss-reactive ketones (excluding diaryl/α,β-unsaturated/α-hetero) is 1. The van der Waals surface area contributed by atoms with Crippen LogP contribution in [0.4, 0.5) is 0 Å². The molecule has 0 heterocycles. The molecule has 0 saturated heterocycles. The van der Waals surface area contributed by atoms with Gasteiger partial charge in [-0.15, -0.1) is 0 Å². The molecule has 0 aromatic heterocycles. The van der Waals surface area contributed by atoms with Crippen molar-refractivity contribution in [3.8, 4) is 0 Å². The van der Waals surface area contributed by atoms with Crippen LogP contribution in [0.1, 0.15) is 67.8 Å². The van der Waals surface area contributed by atoms with Crippen LogP contribution >= 0.6 is 0 Å². The Labute approximate surface area is 112 Å². The molecule has 0 aliphatic carbocycles. The number of ketones is 1. The van der Waals surface area contributed by atoms with E-state index in [2.05, 4.69) is 26.0 Å². The van der Waals surface area contributed by atoms with Gasteiger partial charge in [-0.25, -0.2) is 0 Å². The molecule has 1 aromatic rings. The van der Waals surface area contributed by atoms with E-state index in [9.17, 15) is 4.79 Å². The van der Waals surface area contributed by atoms with E-state index in [0.717, 1.165) is 37.7 Å². The number of rotatable bonds is 9. The maximum Gasteiger partial charge on any atom is 0.162 e. The van der Waals surface area contributed by atoms with Crippen molar-refractivity contribution in [2.45, 2.75) is 58.3 Å². The lowest BCUT2D eigenvalue weighted by Gasteiger charge is -2.03. The Morgan fingerprint density at radius 1 is 1.06 bits per heavy atom. The van der Waals surface area contributed by atoms with Crippen LogP contribution in [-0.2, 0) is 6.42 Å². The van der Waals surface area contributed by atoms with E-state index in [1.54, 1.807) is 0 Å². The Kier molecular flexibility index (Phi) is 7.40. The van der Waals surface area contributed by atoms with Crippen molar-refractivity contribution in [2.75, 3.05) is 0 Å². The maximum atomic E-state index is 11.9. The summed E-state index contributed by atoms with van der Waals surface area (Å²) >= 11 is 0. The van der Waals surface area contributed by atoms with Gasteiger partial charge in [-0.05, 0) is 24.8 Å². The van der Waals surface area contributed by atoms with Gasteiger partial charge >= 0.3 is 0 Å². The zero-order valence-electron chi connectivity index (χ0n) is 11.6. The summed E-state index contributed by atoms with van der Waals surface area (Å²) in [6.07, 6.45) is 8.44. The van der Waals surface area contributed by atoms with Crippen LogP contribution in [0.25, 0.3) is 0 Å². The molecule has 1 aromatic carbocycles. The summed E-state index contributed by atoms with van der Waals surface area (Å²) in [7, 11) is 0. The first-order chi connectivity index (χ1) is 8.77. The molecule has 0 atom stereocenters. The summed E-state index contributed by atoms with van der Waals surface area (Å²) < 4.78 is 0. The number of aryl methyl sites for hydroxylation is 1. The Balaban J connectivity index is 2.38. The van der Waals surface area contributed by atoms with Crippen LogP contribution < -0.4 is 0 Å². The second-order valence-corrected chi connectivity index (χ2v) is 4.89. The molecule has 1 radical (unpaired) electrons. The van der Waals surface area contributed by atoms with E-state index in [1.807, 2.05) is 12.1 Å². The number of unbranched alkanes of at least 4 members (excludes halogenated alkanes) is 4. The fraction of sp³-hybridized carbons (Fsp3) is 0.529. The van der Waals surface area contributed by atoms with Crippen molar-refractivity contribution in [2.24, 2.45) is 0 Å². The molecule has 0 spiro atoms. The normalized spacial score (nSPS) is 10.6. The molecular weight excluding hydrogens is 220 g/mol. The topological polar surface area (TPSA) is 17.1 Å². The van der Waals surface area contributed by atoms with E-state index < -0.39 is 0 Å². The van der Waals surface area contributed by atoms with Gasteiger partial charge in [0.2, 0.25) is 0 Å². The first-order valence-corrected chi connectivity index (χ1v) is 7.19. The molecule has 0 amide bonds. The molecule has 0 unspecified atom stereocenters. The standard InChI is InChI=1S/C17H25O/c1-3-5-7-8-10-17(18)16-13-11-15(12-14-16)9-6-4-2/h11-14H,1,3-10H2,2H3. The van der Waals surface area contributed by atoms with E-state index in [4.69, 9.17) is 0 Å². The summed E-state index contributed by atoms with van der Waals surface area (Å²) in [6, 6.07) is 8.15. The molecule has 0 aliphatic rings. The highest BCUT2D eigenvalue weighted by Gasteiger charge is 2.05. The van der Waals surface area contributed by atoms with Crippen LogP contribution in [0.3, 0.4) is 0 Å². The highest BCUT2D eigenvalue weighted by molar-refractivity contribution is 5.96. The van der Waals surface area contributed by atoms with Crippen molar-refractivity contribution in [1.29, 1.82) is 0 Å². The summed E-state index contributed by atoms with van der Waals surface area (Å²) in [5, 5.41) is 0. The van der Waals surface area contributed by atoms with Gasteiger partial charge in [0, 0.05) is 12.0 Å². The molecule has 0 N–H and O–H groups in total. The molecule has 1 rings (SSSR count). The van der Waals surface area contributed by atoms with Gasteiger partial charge < -0.3 is 0 Å². The number of carbonyl (C=O) groups is 1. The molecule has 1 heteroatoms. The van der Waals surface area contributed by atoms with Gasteiger partial charge in [-0.1, -0.05) is 63.8 Å². The smallest absolute Gasteiger partial charge is 0.162 e. The minimum absolute atomic E-state index is 0.279. The number of hydrogen-bond donors (Lipinski definition) is 0. The van der Waals surface area contributed by atoms with Gasteiger partial charge in [0.15, 0.2) is 5.78 Å². The predicted octanol–water partition coefficient (Wildman–Crippen LogP) is 5.00. The zero-order valence-corrected chi connectivity index (χ0v) is 11.6. The number of benzene rings is 1. The summed E-state index contributed by atoms with van der Waals surface area (Å²) in [4.78, 5) is 11.9. The van der Waals surface area contributed by atoms with Crippen LogP contribution in [0.2, 0.25) is 0 Å². The van der Waals surface area contributed by atoms with Crippen molar-refractivity contribution in [3.05, 3.63) is 42.3 Å². The van der Waals surface area contributed by atoms with Gasteiger partial charge in [-0.2, -0.15) is 0 Å². The second-order valence-electron chi connectivity index (χ2n) is 4.89. The van der Waals surface area contributed by atoms with E-state index in [-0.39, 0.29) is 5.78 Å². The third kappa shape index (κ3) is 5.48. The summed E-state index contributed by atoms with van der Waals surface area (Å²) in [5.41, 5.74) is 2.20. The Bertz CT molecular complexity index is 337. The zero-order chi connectivity index (χ0) is 13.2. The van der Waals surface area contributed by atoms with E-state index in [1.165, 1.54) is 18.4 Å². The molecule has 0 aliphatic heterocycles. The largest absolute Gasteiger partial charge is 0.294 e. The van der Waals surface area contributed by atoms with E-state index in [0.29, 0.717) is 6.42 Å². The highest BCUT2D eigenvalue weighted by atomic mass is 16.1. The lowest BCUT2D eigenvalue weighted by atomic mass is 10.0. The average molecular weight is 245 g/mol. The average Bonchev–Trinajstić information content (AvgIpc) is 2.41. The van der Waals surface area contributed by atoms with Crippen LogP contribution in [0, 0.1) is 6.92 Å². The van der Waals surface area contributed by atoms with Crippen molar-refractivity contribution < 1.29 is 4.79 Å². The third-order valence-corrected chi connectivity index (χ3v) is 3.25.